The van der Waals surface area contributed by atoms with Gasteiger partial charge in [-0.2, -0.15) is 0 Å². The SMILES string of the molecule is CCNc1ncc(CN2CC[C@@H]3[C@@H](CCC(=O)N3CCNC)C2)cn1.Cl.Cl. The quantitative estimate of drug-likeness (QED) is 0.702. The largest absolute Gasteiger partial charge is 0.355 e. The third-order valence-electron chi connectivity index (χ3n) is 5.28. The smallest absolute Gasteiger partial charge is 0.222 e. The zero-order valence-corrected chi connectivity index (χ0v) is 17.8. The van der Waals surface area contributed by atoms with Gasteiger partial charge in [-0.25, -0.2) is 9.97 Å². The van der Waals surface area contributed by atoms with Gasteiger partial charge in [-0.1, -0.05) is 0 Å². The zero-order chi connectivity index (χ0) is 17.6. The fraction of sp³-hybridized carbons (Fsp3) is 0.722. The van der Waals surface area contributed by atoms with Gasteiger partial charge in [-0.05, 0) is 32.7 Å². The Hall–Kier alpha value is -1.15. The molecule has 2 N–H and O–H groups in total. The minimum absolute atomic E-state index is 0. The van der Waals surface area contributed by atoms with E-state index < -0.39 is 0 Å². The van der Waals surface area contributed by atoms with Crippen LogP contribution in [-0.2, 0) is 11.3 Å². The molecule has 0 radical (unpaired) electrons. The summed E-state index contributed by atoms with van der Waals surface area (Å²) < 4.78 is 0. The highest BCUT2D eigenvalue weighted by molar-refractivity contribution is 5.85. The van der Waals surface area contributed by atoms with Crippen molar-refractivity contribution in [3.8, 4) is 0 Å². The van der Waals surface area contributed by atoms with Crippen molar-refractivity contribution < 1.29 is 4.79 Å². The molecule has 3 rings (SSSR count). The van der Waals surface area contributed by atoms with Gasteiger partial charge in [0, 0.05) is 69.7 Å². The van der Waals surface area contributed by atoms with Gasteiger partial charge in [0.2, 0.25) is 11.9 Å². The minimum Gasteiger partial charge on any atom is -0.355 e. The Labute approximate surface area is 174 Å². The van der Waals surface area contributed by atoms with Crippen molar-refractivity contribution in [2.45, 2.75) is 38.8 Å². The predicted molar refractivity (Wildman–Crippen MR) is 113 cm³/mol. The van der Waals surface area contributed by atoms with Crippen LogP contribution in [0.25, 0.3) is 0 Å². The van der Waals surface area contributed by atoms with Gasteiger partial charge in [0.25, 0.3) is 0 Å². The predicted octanol–water partition coefficient (Wildman–Crippen LogP) is 1.78. The van der Waals surface area contributed by atoms with Crippen molar-refractivity contribution in [1.29, 1.82) is 0 Å². The fourth-order valence-corrected chi connectivity index (χ4v) is 4.04. The molecule has 2 saturated heterocycles. The summed E-state index contributed by atoms with van der Waals surface area (Å²) >= 11 is 0. The molecule has 1 aromatic heterocycles. The van der Waals surface area contributed by atoms with Crippen LogP contribution in [0.3, 0.4) is 0 Å². The summed E-state index contributed by atoms with van der Waals surface area (Å²) in [5.41, 5.74) is 1.15. The Bertz CT molecular complexity index is 573. The molecule has 0 aliphatic carbocycles. The van der Waals surface area contributed by atoms with Crippen LogP contribution in [0.4, 0.5) is 5.95 Å². The van der Waals surface area contributed by atoms with E-state index in [9.17, 15) is 4.79 Å². The maximum absolute atomic E-state index is 12.3. The average molecular weight is 419 g/mol. The number of hydrogen-bond donors (Lipinski definition) is 2. The highest BCUT2D eigenvalue weighted by Crippen LogP contribution is 2.31. The van der Waals surface area contributed by atoms with Crippen molar-refractivity contribution in [3.63, 3.8) is 0 Å². The lowest BCUT2D eigenvalue weighted by Crippen LogP contribution is -2.56. The number of piperidine rings is 2. The van der Waals surface area contributed by atoms with Crippen molar-refractivity contribution in [3.05, 3.63) is 18.0 Å². The van der Waals surface area contributed by atoms with E-state index in [2.05, 4.69) is 30.4 Å². The van der Waals surface area contributed by atoms with E-state index in [1.807, 2.05) is 26.4 Å². The average Bonchev–Trinajstić information content (AvgIpc) is 2.63. The number of likely N-dealkylation sites (N-methyl/N-ethyl adjacent to an activating group) is 1. The molecule has 0 spiro atoms. The van der Waals surface area contributed by atoms with Crippen LogP contribution in [0.15, 0.2) is 12.4 Å². The zero-order valence-electron chi connectivity index (χ0n) is 16.2. The summed E-state index contributed by atoms with van der Waals surface area (Å²) in [4.78, 5) is 25.6. The normalized spacial score (nSPS) is 22.4. The molecule has 3 heterocycles. The van der Waals surface area contributed by atoms with Crippen LogP contribution in [0.2, 0.25) is 0 Å². The number of halogens is 2. The molecule has 154 valence electrons. The van der Waals surface area contributed by atoms with Crippen LogP contribution >= 0.6 is 24.8 Å². The minimum atomic E-state index is 0. The van der Waals surface area contributed by atoms with Crippen LogP contribution in [0.1, 0.15) is 31.7 Å². The highest BCUT2D eigenvalue weighted by atomic mass is 35.5. The highest BCUT2D eigenvalue weighted by Gasteiger charge is 2.38. The van der Waals surface area contributed by atoms with Gasteiger partial charge < -0.3 is 15.5 Å². The van der Waals surface area contributed by atoms with Crippen LogP contribution in [-0.4, -0.2) is 71.5 Å². The summed E-state index contributed by atoms with van der Waals surface area (Å²) in [7, 11) is 1.94. The van der Waals surface area contributed by atoms with Crippen molar-refractivity contribution in [1.82, 2.24) is 25.1 Å². The molecule has 1 aromatic rings. The second kappa shape index (κ2) is 11.6. The summed E-state index contributed by atoms with van der Waals surface area (Å²) in [6.45, 7) is 7.54. The number of nitrogens with zero attached hydrogens (tertiary/aromatic N) is 4. The monoisotopic (exact) mass is 418 g/mol. The van der Waals surface area contributed by atoms with Crippen molar-refractivity contribution in [2.24, 2.45) is 5.92 Å². The summed E-state index contributed by atoms with van der Waals surface area (Å²) in [6, 6.07) is 0.415. The van der Waals surface area contributed by atoms with E-state index >= 15 is 0 Å². The summed E-state index contributed by atoms with van der Waals surface area (Å²) in [5, 5.41) is 6.29. The molecule has 9 heteroatoms. The van der Waals surface area contributed by atoms with Crippen LogP contribution < -0.4 is 10.6 Å². The van der Waals surface area contributed by atoms with Gasteiger partial charge in [-0.3, -0.25) is 9.69 Å². The van der Waals surface area contributed by atoms with E-state index in [1.165, 1.54) is 0 Å². The molecule has 27 heavy (non-hydrogen) atoms. The molecule has 7 nitrogen and oxygen atoms in total. The number of rotatable bonds is 7. The van der Waals surface area contributed by atoms with E-state index in [1.54, 1.807) is 0 Å². The Kier molecular flexibility index (Phi) is 10.3. The lowest BCUT2D eigenvalue weighted by molar-refractivity contribution is -0.141. The second-order valence-electron chi connectivity index (χ2n) is 7.03. The molecular weight excluding hydrogens is 387 g/mol. The molecule has 0 aromatic carbocycles. The topological polar surface area (TPSA) is 73.4 Å². The summed E-state index contributed by atoms with van der Waals surface area (Å²) in [5.74, 6) is 1.61. The Morgan fingerprint density at radius 2 is 1.96 bits per heavy atom. The van der Waals surface area contributed by atoms with Gasteiger partial charge in [0.1, 0.15) is 0 Å². The Morgan fingerprint density at radius 1 is 1.22 bits per heavy atom. The van der Waals surface area contributed by atoms with E-state index in [0.29, 0.717) is 30.2 Å². The number of carbonyl (C=O) groups excluding carboxylic acids is 1. The fourth-order valence-electron chi connectivity index (χ4n) is 4.04. The van der Waals surface area contributed by atoms with Gasteiger partial charge in [0.05, 0.1) is 0 Å². The van der Waals surface area contributed by atoms with Gasteiger partial charge in [-0.15, -0.1) is 24.8 Å². The molecule has 0 unspecified atom stereocenters. The number of amides is 1. The first-order chi connectivity index (χ1) is 12.2. The molecule has 1 amide bonds. The number of anilines is 1. The maximum Gasteiger partial charge on any atom is 0.222 e. The Balaban J connectivity index is 0.00000182. The van der Waals surface area contributed by atoms with E-state index in [4.69, 9.17) is 0 Å². The molecule has 2 atom stereocenters. The molecule has 0 saturated carbocycles. The third-order valence-corrected chi connectivity index (χ3v) is 5.28. The summed E-state index contributed by atoms with van der Waals surface area (Å²) in [6.07, 6.45) is 6.61. The molecule has 2 aliphatic rings. The Morgan fingerprint density at radius 3 is 2.63 bits per heavy atom. The van der Waals surface area contributed by atoms with Crippen LogP contribution in [0, 0.1) is 5.92 Å². The number of hydrogen-bond acceptors (Lipinski definition) is 6. The number of aromatic nitrogens is 2. The first kappa shape index (κ1) is 23.9. The number of carbonyl (C=O) groups is 1. The third kappa shape index (κ3) is 6.17. The lowest BCUT2D eigenvalue weighted by Gasteiger charge is -2.47. The first-order valence-corrected chi connectivity index (χ1v) is 9.42. The van der Waals surface area contributed by atoms with Crippen molar-refractivity contribution in [2.75, 3.05) is 45.1 Å². The van der Waals surface area contributed by atoms with Crippen molar-refractivity contribution >= 4 is 36.7 Å². The lowest BCUT2D eigenvalue weighted by atomic mass is 9.83. The standard InChI is InChI=1S/C18H30N6O.2ClH/c1-3-20-18-21-10-14(11-22-18)12-23-8-6-16-15(13-23)4-5-17(25)24(16)9-7-19-2;;/h10-11,15-16,19H,3-9,12-13H2,1-2H3,(H,20,21,22);2*1H/t15-,16+;;/m0../s1. The van der Waals surface area contributed by atoms with Gasteiger partial charge >= 0.3 is 0 Å². The number of fused-ring (bicyclic) bond motifs is 1. The molecule has 0 bridgehead atoms. The second-order valence-corrected chi connectivity index (χ2v) is 7.03. The van der Waals surface area contributed by atoms with Gasteiger partial charge in [0.15, 0.2) is 0 Å². The molecule has 2 fully saturated rings. The van der Waals surface area contributed by atoms with Crippen LogP contribution in [0.5, 0.6) is 0 Å². The number of nitrogens with one attached hydrogen (secondary N) is 2. The molecular formula is C18H32Cl2N6O. The molecule has 2 aliphatic heterocycles. The number of likely N-dealkylation sites (tertiary alicyclic amines) is 2. The maximum atomic E-state index is 12.3. The van der Waals surface area contributed by atoms with E-state index in [0.717, 1.165) is 57.7 Å². The first-order valence-electron chi connectivity index (χ1n) is 9.42. The van der Waals surface area contributed by atoms with E-state index in [-0.39, 0.29) is 24.8 Å².